The smallest absolute Gasteiger partial charge is 0.237 e. The molecular weight excluding hydrogens is 171 g/mol. The Hall–Kier alpha value is -1.89. The largest absolute Gasteiger partial charge is 0.274 e. The molecule has 3 nitrogen and oxygen atoms in total. The van der Waals surface area contributed by atoms with Gasteiger partial charge in [0.1, 0.15) is 5.82 Å². The van der Waals surface area contributed by atoms with Gasteiger partial charge in [-0.3, -0.25) is 10.1 Å². The fraction of sp³-hybridized carbons (Fsp3) is 0.111. The predicted octanol–water partition coefficient (Wildman–Crippen LogP) is 0.965. The summed E-state index contributed by atoms with van der Waals surface area (Å²) >= 11 is 0. The number of amides is 1. The quantitative estimate of drug-likeness (QED) is 0.541. The van der Waals surface area contributed by atoms with Crippen molar-refractivity contribution in [1.82, 2.24) is 5.32 Å². The maximum absolute atomic E-state index is 12.9. The monoisotopic (exact) mass is 178 g/mol. The highest BCUT2D eigenvalue weighted by molar-refractivity contribution is 5.79. The molecule has 4 heteroatoms. The van der Waals surface area contributed by atoms with E-state index >= 15 is 0 Å². The molecule has 1 amide bonds. The van der Waals surface area contributed by atoms with Crippen LogP contribution in [0.5, 0.6) is 0 Å². The molecule has 0 aliphatic heterocycles. The second kappa shape index (κ2) is 4.21. The number of hydrogen-bond acceptors (Lipinski definition) is 2. The van der Waals surface area contributed by atoms with Crippen LogP contribution in [0.4, 0.5) is 4.39 Å². The zero-order valence-electron chi connectivity index (χ0n) is 6.75. The van der Waals surface area contributed by atoms with E-state index in [1.54, 1.807) is 12.1 Å². The summed E-state index contributed by atoms with van der Waals surface area (Å²) in [5, 5.41) is 10.0. The van der Waals surface area contributed by atoms with Gasteiger partial charge in [0.2, 0.25) is 5.91 Å². The van der Waals surface area contributed by atoms with E-state index in [0.717, 1.165) is 0 Å². The minimum absolute atomic E-state index is 0.111. The predicted molar refractivity (Wildman–Crippen MR) is 43.9 cm³/mol. The summed E-state index contributed by atoms with van der Waals surface area (Å²) < 4.78 is 12.9. The van der Waals surface area contributed by atoms with Crippen molar-refractivity contribution in [1.29, 1.82) is 5.26 Å². The molecule has 0 saturated heterocycles. The molecule has 0 aromatic heterocycles. The standard InChI is InChI=1S/C9H7FN2O/c10-8-4-2-1-3-7(8)5-9(13)12-6-11/h1-4H,5H2,(H,12,13). The van der Waals surface area contributed by atoms with Gasteiger partial charge in [-0.2, -0.15) is 5.26 Å². The molecule has 1 rings (SSSR count). The van der Waals surface area contributed by atoms with Crippen molar-refractivity contribution in [2.45, 2.75) is 6.42 Å². The van der Waals surface area contributed by atoms with Gasteiger partial charge in [0.15, 0.2) is 6.19 Å². The number of carbonyl (C=O) groups excluding carboxylic acids is 1. The minimum Gasteiger partial charge on any atom is -0.274 e. The Labute approximate surface area is 74.8 Å². The Morgan fingerprint density at radius 3 is 2.85 bits per heavy atom. The second-order valence-corrected chi connectivity index (χ2v) is 2.43. The van der Waals surface area contributed by atoms with Gasteiger partial charge in [-0.05, 0) is 11.6 Å². The number of nitrogens with zero attached hydrogens (tertiary/aromatic N) is 1. The lowest BCUT2D eigenvalue weighted by Crippen LogP contribution is -2.19. The fourth-order valence-electron chi connectivity index (χ4n) is 0.921. The lowest BCUT2D eigenvalue weighted by atomic mass is 10.1. The van der Waals surface area contributed by atoms with Gasteiger partial charge in [-0.25, -0.2) is 4.39 Å². The number of nitriles is 1. The van der Waals surface area contributed by atoms with E-state index in [1.165, 1.54) is 18.3 Å². The summed E-state index contributed by atoms with van der Waals surface area (Å²) in [5.41, 5.74) is 0.287. The molecule has 0 fully saturated rings. The molecule has 0 saturated carbocycles. The Balaban J connectivity index is 2.70. The average Bonchev–Trinajstić information content (AvgIpc) is 2.09. The van der Waals surface area contributed by atoms with Crippen LogP contribution in [0.3, 0.4) is 0 Å². The molecule has 1 N–H and O–H groups in total. The maximum atomic E-state index is 12.9. The van der Waals surface area contributed by atoms with Crippen molar-refractivity contribution in [3.8, 4) is 6.19 Å². The molecule has 0 radical (unpaired) electrons. The summed E-state index contributed by atoms with van der Waals surface area (Å²) in [5.74, 6) is -0.941. The molecule has 0 unspecified atom stereocenters. The van der Waals surface area contributed by atoms with Gasteiger partial charge in [0.25, 0.3) is 0 Å². The van der Waals surface area contributed by atoms with E-state index in [-0.39, 0.29) is 12.0 Å². The van der Waals surface area contributed by atoms with Gasteiger partial charge in [-0.1, -0.05) is 18.2 Å². The Morgan fingerprint density at radius 2 is 2.23 bits per heavy atom. The van der Waals surface area contributed by atoms with Gasteiger partial charge >= 0.3 is 0 Å². The zero-order chi connectivity index (χ0) is 9.68. The molecular formula is C9H7FN2O. The van der Waals surface area contributed by atoms with E-state index in [1.807, 2.05) is 5.32 Å². The first-order chi connectivity index (χ1) is 6.24. The van der Waals surface area contributed by atoms with Crippen molar-refractivity contribution >= 4 is 5.91 Å². The minimum atomic E-state index is -0.507. The molecule has 0 aliphatic rings. The summed E-state index contributed by atoms with van der Waals surface area (Å²) in [6.45, 7) is 0. The third-order valence-electron chi connectivity index (χ3n) is 1.50. The summed E-state index contributed by atoms with van der Waals surface area (Å²) in [6.07, 6.45) is 1.37. The normalized spacial score (nSPS) is 8.92. The van der Waals surface area contributed by atoms with E-state index in [9.17, 15) is 9.18 Å². The number of carbonyl (C=O) groups is 1. The number of hydrogen-bond donors (Lipinski definition) is 1. The van der Waals surface area contributed by atoms with Crippen LogP contribution in [-0.4, -0.2) is 5.91 Å². The lowest BCUT2D eigenvalue weighted by molar-refractivity contribution is -0.119. The first-order valence-corrected chi connectivity index (χ1v) is 3.65. The lowest BCUT2D eigenvalue weighted by Gasteiger charge is -1.99. The summed E-state index contributed by atoms with van der Waals surface area (Å²) in [4.78, 5) is 10.9. The van der Waals surface area contributed by atoms with Crippen LogP contribution in [-0.2, 0) is 11.2 Å². The van der Waals surface area contributed by atoms with Crippen molar-refractivity contribution in [3.05, 3.63) is 35.6 Å². The Morgan fingerprint density at radius 1 is 1.54 bits per heavy atom. The van der Waals surface area contributed by atoms with Crippen molar-refractivity contribution in [2.75, 3.05) is 0 Å². The number of nitrogens with one attached hydrogen (secondary N) is 1. The van der Waals surface area contributed by atoms with Crippen LogP contribution in [0.25, 0.3) is 0 Å². The van der Waals surface area contributed by atoms with Crippen molar-refractivity contribution in [3.63, 3.8) is 0 Å². The Bertz CT molecular complexity index is 357. The van der Waals surface area contributed by atoms with Crippen LogP contribution in [0, 0.1) is 17.3 Å². The van der Waals surface area contributed by atoms with Gasteiger partial charge < -0.3 is 0 Å². The molecule has 0 aliphatic carbocycles. The van der Waals surface area contributed by atoms with Crippen molar-refractivity contribution in [2.24, 2.45) is 0 Å². The van der Waals surface area contributed by atoms with E-state index < -0.39 is 11.7 Å². The van der Waals surface area contributed by atoms with Crippen LogP contribution < -0.4 is 5.32 Å². The summed E-state index contributed by atoms with van der Waals surface area (Å²) in [7, 11) is 0. The average molecular weight is 178 g/mol. The first kappa shape index (κ1) is 9.20. The first-order valence-electron chi connectivity index (χ1n) is 3.65. The van der Waals surface area contributed by atoms with E-state index in [4.69, 9.17) is 5.26 Å². The molecule has 0 heterocycles. The number of halogens is 1. The molecule has 0 spiro atoms. The van der Waals surface area contributed by atoms with E-state index in [2.05, 4.69) is 0 Å². The van der Waals surface area contributed by atoms with Crippen LogP contribution in [0.15, 0.2) is 24.3 Å². The molecule has 0 atom stereocenters. The molecule has 1 aromatic rings. The van der Waals surface area contributed by atoms with Gasteiger partial charge in [0.05, 0.1) is 6.42 Å². The third kappa shape index (κ3) is 2.56. The van der Waals surface area contributed by atoms with Gasteiger partial charge in [-0.15, -0.1) is 0 Å². The number of rotatable bonds is 2. The highest BCUT2D eigenvalue weighted by atomic mass is 19.1. The van der Waals surface area contributed by atoms with Crippen molar-refractivity contribution < 1.29 is 9.18 Å². The maximum Gasteiger partial charge on any atom is 0.237 e. The van der Waals surface area contributed by atoms with Crippen LogP contribution in [0.1, 0.15) is 5.56 Å². The fourth-order valence-corrected chi connectivity index (χ4v) is 0.921. The highest BCUT2D eigenvalue weighted by Gasteiger charge is 2.05. The Kier molecular flexibility index (Phi) is 2.98. The second-order valence-electron chi connectivity index (χ2n) is 2.43. The summed E-state index contributed by atoms with van der Waals surface area (Å²) in [6, 6.07) is 5.96. The van der Waals surface area contributed by atoms with Crippen LogP contribution >= 0.6 is 0 Å². The highest BCUT2D eigenvalue weighted by Crippen LogP contribution is 2.06. The van der Waals surface area contributed by atoms with E-state index in [0.29, 0.717) is 0 Å². The van der Waals surface area contributed by atoms with Gasteiger partial charge in [0, 0.05) is 0 Å². The molecule has 66 valence electrons. The molecule has 1 aromatic carbocycles. The SMILES string of the molecule is N#CNC(=O)Cc1ccccc1F. The topological polar surface area (TPSA) is 52.9 Å². The molecule has 0 bridgehead atoms. The third-order valence-corrected chi connectivity index (χ3v) is 1.50. The molecule has 13 heavy (non-hydrogen) atoms. The number of benzene rings is 1. The zero-order valence-corrected chi connectivity index (χ0v) is 6.75. The van der Waals surface area contributed by atoms with Crippen LogP contribution in [0.2, 0.25) is 0 Å².